The second kappa shape index (κ2) is 8.10. The SMILES string of the molecule is O=C(Nc1ccc(Cl)cn1)C1CCN(C(=O)C2CC2c2ccccc2Cl)CC1. The number of nitrogens with one attached hydrogen (secondary N) is 1. The Morgan fingerprint density at radius 3 is 2.50 bits per heavy atom. The third kappa shape index (κ3) is 4.15. The molecular formula is C21H21Cl2N3O2. The fourth-order valence-electron chi connectivity index (χ4n) is 3.86. The lowest BCUT2D eigenvalue weighted by molar-refractivity contribution is -0.135. The number of nitrogens with zero attached hydrogens (tertiary/aromatic N) is 2. The Kier molecular flexibility index (Phi) is 5.56. The summed E-state index contributed by atoms with van der Waals surface area (Å²) >= 11 is 12.1. The Morgan fingerprint density at radius 2 is 1.82 bits per heavy atom. The minimum Gasteiger partial charge on any atom is -0.342 e. The molecule has 2 aromatic rings. The fourth-order valence-corrected chi connectivity index (χ4v) is 4.25. The van der Waals surface area contributed by atoms with Gasteiger partial charge in [-0.1, -0.05) is 41.4 Å². The highest BCUT2D eigenvalue weighted by molar-refractivity contribution is 6.31. The van der Waals surface area contributed by atoms with E-state index in [0.717, 1.165) is 17.0 Å². The number of rotatable bonds is 4. The number of carbonyl (C=O) groups excluding carboxylic acids is 2. The molecule has 1 saturated carbocycles. The Labute approximate surface area is 174 Å². The zero-order valence-corrected chi connectivity index (χ0v) is 16.8. The Balaban J connectivity index is 1.28. The summed E-state index contributed by atoms with van der Waals surface area (Å²) in [6, 6.07) is 11.1. The van der Waals surface area contributed by atoms with Crippen LogP contribution in [0.15, 0.2) is 42.6 Å². The summed E-state index contributed by atoms with van der Waals surface area (Å²) in [6.45, 7) is 1.22. The molecule has 2 amide bonds. The number of halogens is 2. The predicted octanol–water partition coefficient (Wildman–Crippen LogP) is 4.37. The Bertz CT molecular complexity index is 879. The van der Waals surface area contributed by atoms with Crippen molar-refractivity contribution in [2.75, 3.05) is 18.4 Å². The third-order valence-corrected chi connectivity index (χ3v) is 6.14. The lowest BCUT2D eigenvalue weighted by atomic mass is 9.95. The van der Waals surface area contributed by atoms with Gasteiger partial charge in [0.05, 0.1) is 5.02 Å². The molecule has 1 N–H and O–H groups in total. The van der Waals surface area contributed by atoms with Crippen LogP contribution in [0.25, 0.3) is 0 Å². The summed E-state index contributed by atoms with van der Waals surface area (Å²) in [7, 11) is 0. The normalized spacial score (nSPS) is 22.0. The number of hydrogen-bond acceptors (Lipinski definition) is 3. The van der Waals surface area contributed by atoms with Gasteiger partial charge >= 0.3 is 0 Å². The maximum atomic E-state index is 12.8. The molecule has 0 spiro atoms. The molecule has 146 valence electrons. The largest absolute Gasteiger partial charge is 0.342 e. The molecule has 28 heavy (non-hydrogen) atoms. The van der Waals surface area contributed by atoms with Crippen molar-refractivity contribution in [3.8, 4) is 0 Å². The van der Waals surface area contributed by atoms with Crippen molar-refractivity contribution in [3.05, 3.63) is 58.2 Å². The minimum absolute atomic E-state index is 0.0172. The van der Waals surface area contributed by atoms with Crippen LogP contribution in [0.2, 0.25) is 10.0 Å². The first-order chi connectivity index (χ1) is 13.5. The number of piperidine rings is 1. The lowest BCUT2D eigenvalue weighted by Crippen LogP contribution is -2.42. The standard InChI is InChI=1S/C21H21Cl2N3O2/c22-14-5-6-19(24-12-14)25-20(27)13-7-9-26(10-8-13)21(28)17-11-16(17)15-3-1-2-4-18(15)23/h1-6,12-13,16-17H,7-11H2,(H,24,25,27). The molecule has 1 aromatic heterocycles. The van der Waals surface area contributed by atoms with Gasteiger partial charge in [0.15, 0.2) is 0 Å². The topological polar surface area (TPSA) is 62.3 Å². The van der Waals surface area contributed by atoms with E-state index in [4.69, 9.17) is 23.2 Å². The smallest absolute Gasteiger partial charge is 0.228 e. The van der Waals surface area contributed by atoms with Crippen molar-refractivity contribution in [2.24, 2.45) is 11.8 Å². The second-order valence-electron chi connectivity index (χ2n) is 7.42. The van der Waals surface area contributed by atoms with Crippen molar-refractivity contribution < 1.29 is 9.59 Å². The monoisotopic (exact) mass is 417 g/mol. The van der Waals surface area contributed by atoms with Crippen molar-refractivity contribution in [1.82, 2.24) is 9.88 Å². The maximum absolute atomic E-state index is 12.8. The quantitative estimate of drug-likeness (QED) is 0.802. The molecule has 1 saturated heterocycles. The van der Waals surface area contributed by atoms with Crippen LogP contribution in [0, 0.1) is 11.8 Å². The number of benzene rings is 1. The van der Waals surface area contributed by atoms with Gasteiger partial charge in [0, 0.05) is 36.1 Å². The van der Waals surface area contributed by atoms with Crippen LogP contribution >= 0.6 is 23.2 Å². The zero-order chi connectivity index (χ0) is 19.7. The van der Waals surface area contributed by atoms with Gasteiger partial charge in [0.2, 0.25) is 11.8 Å². The molecule has 1 aliphatic heterocycles. The average molecular weight is 418 g/mol. The van der Waals surface area contributed by atoms with Crippen molar-refractivity contribution in [3.63, 3.8) is 0 Å². The molecule has 2 aliphatic rings. The first-order valence-electron chi connectivity index (χ1n) is 9.48. The first kappa shape index (κ1) is 19.2. The molecule has 2 heterocycles. The van der Waals surface area contributed by atoms with Crippen LogP contribution in [-0.4, -0.2) is 34.8 Å². The zero-order valence-electron chi connectivity index (χ0n) is 15.3. The molecule has 0 bridgehead atoms. The summed E-state index contributed by atoms with van der Waals surface area (Å²) in [5, 5.41) is 4.08. The van der Waals surface area contributed by atoms with Crippen molar-refractivity contribution in [2.45, 2.75) is 25.2 Å². The summed E-state index contributed by atoms with van der Waals surface area (Å²) < 4.78 is 0. The van der Waals surface area contributed by atoms with Gasteiger partial charge < -0.3 is 10.2 Å². The minimum atomic E-state index is -0.111. The van der Waals surface area contributed by atoms with E-state index in [2.05, 4.69) is 10.3 Å². The highest BCUT2D eigenvalue weighted by Gasteiger charge is 2.47. The third-order valence-electron chi connectivity index (χ3n) is 5.57. The molecule has 1 aromatic carbocycles. The summed E-state index contributed by atoms with van der Waals surface area (Å²) in [4.78, 5) is 31.2. The van der Waals surface area contributed by atoms with Gasteiger partial charge in [-0.05, 0) is 48.9 Å². The highest BCUT2D eigenvalue weighted by Crippen LogP contribution is 2.50. The molecule has 1 aliphatic carbocycles. The van der Waals surface area contributed by atoms with Crippen molar-refractivity contribution in [1.29, 1.82) is 0 Å². The van der Waals surface area contributed by atoms with Gasteiger partial charge in [-0.3, -0.25) is 9.59 Å². The molecule has 7 heteroatoms. The van der Waals surface area contributed by atoms with Crippen LogP contribution in [0.5, 0.6) is 0 Å². The van der Waals surface area contributed by atoms with Crippen LogP contribution in [0.1, 0.15) is 30.7 Å². The molecule has 2 atom stereocenters. The van der Waals surface area contributed by atoms with E-state index in [-0.39, 0.29) is 29.6 Å². The maximum Gasteiger partial charge on any atom is 0.228 e. The highest BCUT2D eigenvalue weighted by atomic mass is 35.5. The number of carbonyl (C=O) groups is 2. The summed E-state index contributed by atoms with van der Waals surface area (Å²) in [5.41, 5.74) is 1.06. The van der Waals surface area contributed by atoms with Gasteiger partial charge in [-0.25, -0.2) is 4.98 Å². The number of amides is 2. The van der Waals surface area contributed by atoms with Crippen molar-refractivity contribution >= 4 is 40.8 Å². The lowest BCUT2D eigenvalue weighted by Gasteiger charge is -2.31. The average Bonchev–Trinajstić information content (AvgIpc) is 3.50. The van der Waals surface area contributed by atoms with Crippen LogP contribution in [0.4, 0.5) is 5.82 Å². The van der Waals surface area contributed by atoms with Gasteiger partial charge in [0.1, 0.15) is 5.82 Å². The molecular weight excluding hydrogens is 397 g/mol. The number of hydrogen-bond donors (Lipinski definition) is 1. The van der Waals surface area contributed by atoms with Gasteiger partial charge in [0.25, 0.3) is 0 Å². The molecule has 4 rings (SSSR count). The first-order valence-corrected chi connectivity index (χ1v) is 10.2. The molecule has 5 nitrogen and oxygen atoms in total. The van der Waals surface area contributed by atoms with Gasteiger partial charge in [-0.2, -0.15) is 0 Å². The van der Waals surface area contributed by atoms with E-state index < -0.39 is 0 Å². The molecule has 2 fully saturated rings. The fraction of sp³-hybridized carbons (Fsp3) is 0.381. The Hall–Kier alpha value is -2.11. The van der Waals surface area contributed by atoms with E-state index in [9.17, 15) is 9.59 Å². The number of likely N-dealkylation sites (tertiary alicyclic amines) is 1. The van der Waals surface area contributed by atoms with Crippen LogP contribution < -0.4 is 5.32 Å². The van der Waals surface area contributed by atoms with E-state index in [1.165, 1.54) is 6.20 Å². The van der Waals surface area contributed by atoms with Gasteiger partial charge in [-0.15, -0.1) is 0 Å². The number of anilines is 1. The number of aromatic nitrogens is 1. The Morgan fingerprint density at radius 1 is 1.07 bits per heavy atom. The van der Waals surface area contributed by atoms with Crippen LogP contribution in [0.3, 0.4) is 0 Å². The van der Waals surface area contributed by atoms with E-state index >= 15 is 0 Å². The number of pyridine rings is 1. The molecule has 2 unspecified atom stereocenters. The second-order valence-corrected chi connectivity index (χ2v) is 8.26. The summed E-state index contributed by atoms with van der Waals surface area (Å²) in [6.07, 6.45) is 3.68. The van der Waals surface area contributed by atoms with E-state index in [0.29, 0.717) is 36.8 Å². The predicted molar refractivity (Wildman–Crippen MR) is 109 cm³/mol. The molecule has 0 radical (unpaired) electrons. The van der Waals surface area contributed by atoms with E-state index in [1.807, 2.05) is 29.2 Å². The van der Waals surface area contributed by atoms with Crippen LogP contribution in [-0.2, 0) is 9.59 Å². The van der Waals surface area contributed by atoms with E-state index in [1.54, 1.807) is 12.1 Å². The summed E-state index contributed by atoms with van der Waals surface area (Å²) in [5.74, 6) is 0.751.